The van der Waals surface area contributed by atoms with Crippen molar-refractivity contribution >= 4 is 33.6 Å². The normalized spacial score (nSPS) is 11.7. The fourth-order valence-corrected chi connectivity index (χ4v) is 3.63. The summed E-state index contributed by atoms with van der Waals surface area (Å²) in [6, 6.07) is 13.9. The molecule has 0 bridgehead atoms. The Kier molecular flexibility index (Phi) is 8.32. The van der Waals surface area contributed by atoms with E-state index in [-0.39, 0.29) is 11.9 Å². The minimum atomic E-state index is -0.0458. The summed E-state index contributed by atoms with van der Waals surface area (Å²) in [6.07, 6.45) is 0.804. The highest BCUT2D eigenvalue weighted by atomic mass is 79.9. The summed E-state index contributed by atoms with van der Waals surface area (Å²) < 4.78 is 11.7. The minimum Gasteiger partial charge on any atom is -0.493 e. The maximum Gasteiger partial charge on any atom is 0.230 e. The van der Waals surface area contributed by atoms with E-state index in [1.807, 2.05) is 30.3 Å². The van der Waals surface area contributed by atoms with Gasteiger partial charge >= 0.3 is 0 Å². The van der Waals surface area contributed by atoms with Crippen molar-refractivity contribution in [3.63, 3.8) is 0 Å². The van der Waals surface area contributed by atoms with Crippen LogP contribution in [0.25, 0.3) is 0 Å². The molecule has 0 heterocycles. The maximum absolute atomic E-state index is 12.3. The summed E-state index contributed by atoms with van der Waals surface area (Å²) in [5, 5.41) is 3.10. The van der Waals surface area contributed by atoms with Gasteiger partial charge in [0.1, 0.15) is 0 Å². The van der Waals surface area contributed by atoms with Crippen molar-refractivity contribution in [2.75, 3.05) is 20.0 Å². The van der Waals surface area contributed by atoms with E-state index in [1.165, 1.54) is 5.56 Å². The quantitative estimate of drug-likeness (QED) is 0.601. The standard InChI is InChI=1S/C20H24BrNO3S/c1-4-17(15-7-10-18(24-2)19(11-15)25-3)22-20(23)13-26-12-14-5-8-16(21)9-6-14/h5-11,17H,4,12-13H2,1-3H3,(H,22,23)/t17-/m1/s1. The van der Waals surface area contributed by atoms with Gasteiger partial charge in [-0.3, -0.25) is 4.79 Å². The van der Waals surface area contributed by atoms with Crippen LogP contribution in [0, 0.1) is 0 Å². The molecule has 0 saturated carbocycles. The molecular weight excluding hydrogens is 414 g/mol. The molecule has 0 aliphatic carbocycles. The zero-order valence-electron chi connectivity index (χ0n) is 15.3. The Balaban J connectivity index is 1.90. The summed E-state index contributed by atoms with van der Waals surface area (Å²) in [7, 11) is 3.22. The lowest BCUT2D eigenvalue weighted by molar-refractivity contribution is -0.119. The second kappa shape index (κ2) is 10.5. The van der Waals surface area contributed by atoms with Gasteiger partial charge in [0, 0.05) is 10.2 Å². The van der Waals surface area contributed by atoms with Crippen LogP contribution in [0.1, 0.15) is 30.5 Å². The molecule has 2 aromatic carbocycles. The first-order chi connectivity index (χ1) is 12.6. The van der Waals surface area contributed by atoms with Gasteiger partial charge in [0.05, 0.1) is 26.0 Å². The molecule has 0 saturated heterocycles. The number of carbonyl (C=O) groups excluding carboxylic acids is 1. The molecule has 140 valence electrons. The Labute approximate surface area is 167 Å². The van der Waals surface area contributed by atoms with Crippen molar-refractivity contribution in [3.8, 4) is 11.5 Å². The number of amides is 1. The van der Waals surface area contributed by atoms with E-state index in [2.05, 4.69) is 40.3 Å². The molecule has 1 amide bonds. The van der Waals surface area contributed by atoms with Crippen LogP contribution in [0.5, 0.6) is 11.5 Å². The molecule has 0 radical (unpaired) electrons. The van der Waals surface area contributed by atoms with E-state index in [1.54, 1.807) is 26.0 Å². The summed E-state index contributed by atoms with van der Waals surface area (Å²) in [5.74, 6) is 2.63. The molecule has 1 atom stereocenters. The van der Waals surface area contributed by atoms with Gasteiger partial charge in [0.25, 0.3) is 0 Å². The number of ether oxygens (including phenoxy) is 2. The maximum atomic E-state index is 12.3. The fourth-order valence-electron chi connectivity index (χ4n) is 2.57. The van der Waals surface area contributed by atoms with E-state index < -0.39 is 0 Å². The highest BCUT2D eigenvalue weighted by molar-refractivity contribution is 9.10. The van der Waals surface area contributed by atoms with Crippen molar-refractivity contribution in [2.45, 2.75) is 25.1 Å². The molecule has 0 aromatic heterocycles. The molecule has 0 aliphatic rings. The van der Waals surface area contributed by atoms with Gasteiger partial charge in [0.15, 0.2) is 11.5 Å². The Hall–Kier alpha value is -1.66. The topological polar surface area (TPSA) is 47.6 Å². The average Bonchev–Trinajstić information content (AvgIpc) is 2.67. The summed E-state index contributed by atoms with van der Waals surface area (Å²) >= 11 is 5.04. The molecule has 0 aliphatic heterocycles. The third-order valence-corrected chi connectivity index (χ3v) is 5.50. The number of thioether (sulfide) groups is 1. The third-order valence-electron chi connectivity index (χ3n) is 3.97. The molecule has 0 unspecified atom stereocenters. The first-order valence-electron chi connectivity index (χ1n) is 8.40. The average molecular weight is 438 g/mol. The Morgan fingerprint density at radius 3 is 2.42 bits per heavy atom. The van der Waals surface area contributed by atoms with Gasteiger partial charge in [-0.25, -0.2) is 0 Å². The van der Waals surface area contributed by atoms with Gasteiger partial charge < -0.3 is 14.8 Å². The van der Waals surface area contributed by atoms with Crippen LogP contribution >= 0.6 is 27.7 Å². The van der Waals surface area contributed by atoms with Crippen LogP contribution in [0.4, 0.5) is 0 Å². The Morgan fingerprint density at radius 1 is 1.12 bits per heavy atom. The van der Waals surface area contributed by atoms with Gasteiger partial charge in [-0.15, -0.1) is 11.8 Å². The molecule has 0 fully saturated rings. The predicted octanol–water partition coefficient (Wildman–Crippen LogP) is 4.97. The summed E-state index contributed by atoms with van der Waals surface area (Å²) in [5.41, 5.74) is 2.22. The predicted molar refractivity (Wildman–Crippen MR) is 111 cm³/mol. The lowest BCUT2D eigenvalue weighted by atomic mass is 10.0. The molecule has 26 heavy (non-hydrogen) atoms. The molecule has 2 rings (SSSR count). The molecule has 6 heteroatoms. The molecule has 0 spiro atoms. The zero-order valence-corrected chi connectivity index (χ0v) is 17.7. The van der Waals surface area contributed by atoms with Crippen LogP contribution in [0.15, 0.2) is 46.9 Å². The van der Waals surface area contributed by atoms with E-state index in [4.69, 9.17) is 9.47 Å². The van der Waals surface area contributed by atoms with Gasteiger partial charge in [-0.1, -0.05) is 41.1 Å². The van der Waals surface area contributed by atoms with E-state index in [0.717, 1.165) is 22.2 Å². The van der Waals surface area contributed by atoms with Crippen molar-refractivity contribution in [2.24, 2.45) is 0 Å². The molecule has 4 nitrogen and oxygen atoms in total. The molecule has 2 aromatic rings. The first kappa shape index (κ1) is 20.6. The monoisotopic (exact) mass is 437 g/mol. The molecular formula is C20H24BrNO3S. The number of hydrogen-bond donors (Lipinski definition) is 1. The van der Waals surface area contributed by atoms with Gasteiger partial charge in [0.2, 0.25) is 5.91 Å². The van der Waals surface area contributed by atoms with Crippen LogP contribution < -0.4 is 14.8 Å². The second-order valence-electron chi connectivity index (χ2n) is 5.76. The highest BCUT2D eigenvalue weighted by Gasteiger charge is 2.15. The fraction of sp³-hybridized carbons (Fsp3) is 0.350. The van der Waals surface area contributed by atoms with Crippen molar-refractivity contribution in [1.82, 2.24) is 5.32 Å². The molecule has 1 N–H and O–H groups in total. The van der Waals surface area contributed by atoms with Crippen molar-refractivity contribution in [1.29, 1.82) is 0 Å². The number of nitrogens with one attached hydrogen (secondary N) is 1. The highest BCUT2D eigenvalue weighted by Crippen LogP contribution is 2.31. The SMILES string of the molecule is CC[C@@H](NC(=O)CSCc1ccc(Br)cc1)c1ccc(OC)c(OC)c1. The van der Waals surface area contributed by atoms with Crippen molar-refractivity contribution in [3.05, 3.63) is 58.1 Å². The number of carbonyl (C=O) groups is 1. The summed E-state index contributed by atoms with van der Waals surface area (Å²) in [6.45, 7) is 2.05. The number of hydrogen-bond acceptors (Lipinski definition) is 4. The van der Waals surface area contributed by atoms with E-state index in [9.17, 15) is 4.79 Å². The minimum absolute atomic E-state index is 0.0359. The zero-order chi connectivity index (χ0) is 18.9. The number of benzene rings is 2. The van der Waals surface area contributed by atoms with Crippen molar-refractivity contribution < 1.29 is 14.3 Å². The number of methoxy groups -OCH3 is 2. The summed E-state index contributed by atoms with van der Waals surface area (Å²) in [4.78, 5) is 12.3. The van der Waals surface area contributed by atoms with E-state index in [0.29, 0.717) is 17.3 Å². The lowest BCUT2D eigenvalue weighted by Crippen LogP contribution is -2.29. The largest absolute Gasteiger partial charge is 0.493 e. The number of halogens is 1. The third kappa shape index (κ3) is 5.95. The second-order valence-corrected chi connectivity index (χ2v) is 7.66. The Morgan fingerprint density at radius 2 is 1.81 bits per heavy atom. The van der Waals surface area contributed by atoms with Gasteiger partial charge in [-0.2, -0.15) is 0 Å². The van der Waals surface area contributed by atoms with Crippen LogP contribution in [-0.2, 0) is 10.5 Å². The Bertz CT molecular complexity index is 721. The van der Waals surface area contributed by atoms with Gasteiger partial charge in [-0.05, 0) is 41.8 Å². The van der Waals surface area contributed by atoms with Crippen LogP contribution in [0.3, 0.4) is 0 Å². The van der Waals surface area contributed by atoms with Crippen LogP contribution in [-0.4, -0.2) is 25.9 Å². The van der Waals surface area contributed by atoms with Crippen LogP contribution in [0.2, 0.25) is 0 Å². The number of rotatable bonds is 9. The lowest BCUT2D eigenvalue weighted by Gasteiger charge is -2.19. The smallest absolute Gasteiger partial charge is 0.230 e. The van der Waals surface area contributed by atoms with E-state index >= 15 is 0 Å². The first-order valence-corrected chi connectivity index (χ1v) is 10.4.